The van der Waals surface area contributed by atoms with Crippen LogP contribution in [-0.4, -0.2) is 38.5 Å². The summed E-state index contributed by atoms with van der Waals surface area (Å²) in [6, 6.07) is 7.90. The molecule has 0 aliphatic heterocycles. The Morgan fingerprint density at radius 2 is 2.04 bits per heavy atom. The molecule has 1 saturated carbocycles. The number of hydrogen-bond donors (Lipinski definition) is 2. The minimum atomic E-state index is -0.409. The van der Waals surface area contributed by atoms with Gasteiger partial charge in [0.2, 0.25) is 5.91 Å². The third-order valence-corrected chi connectivity index (χ3v) is 5.68. The topological polar surface area (TPSA) is 88.9 Å². The van der Waals surface area contributed by atoms with Crippen LogP contribution in [0.15, 0.2) is 29.4 Å². The van der Waals surface area contributed by atoms with Crippen LogP contribution in [0.25, 0.3) is 11.4 Å². The number of carbonyl (C=O) groups is 2. The quantitative estimate of drug-likeness (QED) is 0.693. The highest BCUT2D eigenvalue weighted by Gasteiger charge is 2.19. The van der Waals surface area contributed by atoms with E-state index in [1.807, 2.05) is 29.7 Å². The zero-order chi connectivity index (χ0) is 19.9. The van der Waals surface area contributed by atoms with Crippen LogP contribution < -0.4 is 10.6 Å². The lowest BCUT2D eigenvalue weighted by molar-refractivity contribution is -0.117. The highest BCUT2D eigenvalue weighted by atomic mass is 32.2. The molecule has 7 nitrogen and oxygen atoms in total. The van der Waals surface area contributed by atoms with Crippen molar-refractivity contribution in [1.82, 2.24) is 25.4 Å². The molecule has 2 aromatic rings. The van der Waals surface area contributed by atoms with E-state index in [1.54, 1.807) is 0 Å². The first-order valence-corrected chi connectivity index (χ1v) is 10.8. The predicted octanol–water partition coefficient (Wildman–Crippen LogP) is 3.52. The summed E-state index contributed by atoms with van der Waals surface area (Å²) in [5.41, 5.74) is 2.17. The van der Waals surface area contributed by atoms with Gasteiger partial charge in [-0.1, -0.05) is 55.3 Å². The van der Waals surface area contributed by atoms with E-state index in [0.29, 0.717) is 5.16 Å². The van der Waals surface area contributed by atoms with Crippen LogP contribution in [0.2, 0.25) is 0 Å². The molecule has 1 heterocycles. The number of hydrogen-bond acceptors (Lipinski definition) is 5. The summed E-state index contributed by atoms with van der Waals surface area (Å²) in [4.78, 5) is 24.1. The van der Waals surface area contributed by atoms with Crippen LogP contribution in [0.5, 0.6) is 0 Å². The molecule has 0 saturated heterocycles. The molecule has 3 rings (SSSR count). The fraction of sp³-hybridized carbons (Fsp3) is 0.500. The summed E-state index contributed by atoms with van der Waals surface area (Å²) in [7, 11) is 0. The molecule has 3 amide bonds. The van der Waals surface area contributed by atoms with Gasteiger partial charge in [0.25, 0.3) is 0 Å². The maximum Gasteiger partial charge on any atom is 0.321 e. The van der Waals surface area contributed by atoms with Crippen molar-refractivity contribution in [2.24, 2.45) is 0 Å². The number of aryl methyl sites for hydroxylation is 1. The summed E-state index contributed by atoms with van der Waals surface area (Å²) >= 11 is 1.30. The van der Waals surface area contributed by atoms with Crippen molar-refractivity contribution in [1.29, 1.82) is 0 Å². The van der Waals surface area contributed by atoms with Crippen LogP contribution in [0, 0.1) is 6.92 Å². The first-order chi connectivity index (χ1) is 13.6. The van der Waals surface area contributed by atoms with Crippen molar-refractivity contribution in [3.05, 3.63) is 29.8 Å². The average Bonchev–Trinajstić information content (AvgIpc) is 3.30. The molecule has 1 fully saturated rings. The molecule has 0 bridgehead atoms. The van der Waals surface area contributed by atoms with Crippen molar-refractivity contribution < 1.29 is 9.59 Å². The Hall–Kier alpha value is -2.35. The number of carbonyl (C=O) groups excluding carboxylic acids is 2. The normalized spacial score (nSPS) is 14.2. The standard InChI is InChI=1S/C20H27N5O2S/c1-3-11-25-18(15-8-6-7-14(2)12-15)23-24-20(25)28-13-17(26)22-19(27)21-16-9-4-5-10-16/h6-8,12,16H,3-5,9-11,13H2,1-2H3,(H2,21,22,26,27). The monoisotopic (exact) mass is 401 g/mol. The summed E-state index contributed by atoms with van der Waals surface area (Å²) in [6.07, 6.45) is 5.16. The summed E-state index contributed by atoms with van der Waals surface area (Å²) in [5, 5.41) is 14.6. The van der Waals surface area contributed by atoms with Crippen molar-refractivity contribution >= 4 is 23.7 Å². The molecule has 0 radical (unpaired) electrons. The lowest BCUT2D eigenvalue weighted by Crippen LogP contribution is -2.44. The maximum atomic E-state index is 12.1. The van der Waals surface area contributed by atoms with Gasteiger partial charge in [-0.25, -0.2) is 4.79 Å². The lowest BCUT2D eigenvalue weighted by Gasteiger charge is -2.12. The SMILES string of the molecule is CCCn1c(SCC(=O)NC(=O)NC2CCCC2)nnc1-c1cccc(C)c1. The fourth-order valence-corrected chi connectivity index (χ4v) is 4.17. The van der Waals surface area contributed by atoms with E-state index in [2.05, 4.69) is 33.8 Å². The Bertz CT molecular complexity index is 830. The molecular formula is C20H27N5O2S. The Morgan fingerprint density at radius 3 is 2.75 bits per heavy atom. The average molecular weight is 402 g/mol. The summed E-state index contributed by atoms with van der Waals surface area (Å²) < 4.78 is 2.03. The van der Waals surface area contributed by atoms with Crippen LogP contribution in [0.4, 0.5) is 4.79 Å². The largest absolute Gasteiger partial charge is 0.335 e. The van der Waals surface area contributed by atoms with E-state index in [0.717, 1.165) is 55.6 Å². The van der Waals surface area contributed by atoms with Crippen molar-refractivity contribution in [3.63, 3.8) is 0 Å². The summed E-state index contributed by atoms with van der Waals surface area (Å²) in [5.74, 6) is 0.587. The van der Waals surface area contributed by atoms with Crippen molar-refractivity contribution in [2.45, 2.75) is 63.7 Å². The van der Waals surface area contributed by atoms with E-state index >= 15 is 0 Å². The highest BCUT2D eigenvalue weighted by Crippen LogP contribution is 2.25. The molecule has 1 aliphatic rings. The second-order valence-corrected chi connectivity index (χ2v) is 8.06. The minimum absolute atomic E-state index is 0.119. The molecule has 1 aromatic heterocycles. The number of nitrogens with one attached hydrogen (secondary N) is 2. The third-order valence-electron chi connectivity index (χ3n) is 4.72. The Labute approximate surface area is 169 Å². The molecule has 150 valence electrons. The van der Waals surface area contributed by atoms with Gasteiger partial charge in [0, 0.05) is 18.2 Å². The van der Waals surface area contributed by atoms with Crippen LogP contribution in [0.3, 0.4) is 0 Å². The number of nitrogens with zero attached hydrogens (tertiary/aromatic N) is 3. The van der Waals surface area contributed by atoms with Crippen molar-refractivity contribution in [2.75, 3.05) is 5.75 Å². The molecule has 8 heteroatoms. The molecule has 0 unspecified atom stereocenters. The van der Waals surface area contributed by atoms with Crippen LogP contribution in [-0.2, 0) is 11.3 Å². The second-order valence-electron chi connectivity index (χ2n) is 7.12. The number of thioether (sulfide) groups is 1. The molecule has 28 heavy (non-hydrogen) atoms. The Kier molecular flexibility index (Phi) is 7.08. The van der Waals surface area contributed by atoms with E-state index < -0.39 is 6.03 Å². The molecule has 1 aromatic carbocycles. The third kappa shape index (κ3) is 5.34. The number of benzene rings is 1. The van der Waals surface area contributed by atoms with Gasteiger partial charge in [0.05, 0.1) is 5.75 Å². The maximum absolute atomic E-state index is 12.1. The molecule has 0 spiro atoms. The first-order valence-electron chi connectivity index (χ1n) is 9.80. The molecule has 1 aliphatic carbocycles. The van der Waals surface area contributed by atoms with Gasteiger partial charge in [0.1, 0.15) is 0 Å². The van der Waals surface area contributed by atoms with E-state index in [-0.39, 0.29) is 17.7 Å². The van der Waals surface area contributed by atoms with Gasteiger partial charge in [-0.3, -0.25) is 10.1 Å². The second kappa shape index (κ2) is 9.73. The minimum Gasteiger partial charge on any atom is -0.335 e. The van der Waals surface area contributed by atoms with Crippen LogP contribution >= 0.6 is 11.8 Å². The van der Waals surface area contributed by atoms with Gasteiger partial charge in [0.15, 0.2) is 11.0 Å². The summed E-state index contributed by atoms with van der Waals surface area (Å²) in [6.45, 7) is 4.90. The molecular weight excluding hydrogens is 374 g/mol. The van der Waals surface area contributed by atoms with Crippen LogP contribution in [0.1, 0.15) is 44.6 Å². The smallest absolute Gasteiger partial charge is 0.321 e. The van der Waals surface area contributed by atoms with Gasteiger partial charge in [-0.2, -0.15) is 0 Å². The zero-order valence-electron chi connectivity index (χ0n) is 16.4. The van der Waals surface area contributed by atoms with Crippen molar-refractivity contribution in [3.8, 4) is 11.4 Å². The fourth-order valence-electron chi connectivity index (χ4n) is 3.40. The number of urea groups is 1. The predicted molar refractivity (Wildman–Crippen MR) is 110 cm³/mol. The van der Waals surface area contributed by atoms with Gasteiger partial charge < -0.3 is 9.88 Å². The lowest BCUT2D eigenvalue weighted by atomic mass is 10.1. The van der Waals surface area contributed by atoms with E-state index in [9.17, 15) is 9.59 Å². The Morgan fingerprint density at radius 1 is 1.25 bits per heavy atom. The Balaban J connectivity index is 1.60. The molecule has 0 atom stereocenters. The first kappa shape index (κ1) is 20.4. The number of amides is 3. The highest BCUT2D eigenvalue weighted by molar-refractivity contribution is 7.99. The number of aromatic nitrogens is 3. The van der Waals surface area contributed by atoms with Gasteiger partial charge >= 0.3 is 6.03 Å². The molecule has 2 N–H and O–H groups in total. The van der Waals surface area contributed by atoms with Gasteiger partial charge in [-0.15, -0.1) is 10.2 Å². The number of imide groups is 1. The van der Waals surface area contributed by atoms with E-state index in [1.165, 1.54) is 11.8 Å². The van der Waals surface area contributed by atoms with Gasteiger partial charge in [-0.05, 0) is 32.3 Å². The number of rotatable bonds is 7. The zero-order valence-corrected chi connectivity index (χ0v) is 17.2. The van der Waals surface area contributed by atoms with E-state index in [4.69, 9.17) is 0 Å².